The largest absolute Gasteiger partial charge is 0.492 e. The third-order valence-electron chi connectivity index (χ3n) is 3.61. The van der Waals surface area contributed by atoms with Crippen molar-refractivity contribution in [3.05, 3.63) is 41.5 Å². The molecule has 116 valence electrons. The van der Waals surface area contributed by atoms with E-state index >= 15 is 0 Å². The molecule has 0 saturated carbocycles. The Kier molecular flexibility index (Phi) is 4.06. The minimum atomic E-state index is -0.919. The molecule has 0 fully saturated rings. The third-order valence-corrected chi connectivity index (χ3v) is 3.61. The first kappa shape index (κ1) is 14.5. The van der Waals surface area contributed by atoms with Crippen LogP contribution in [-0.4, -0.2) is 39.3 Å². The lowest BCUT2D eigenvalue weighted by molar-refractivity contribution is -0.143. The van der Waals surface area contributed by atoms with Crippen LogP contribution < -0.4 is 4.74 Å². The molecule has 1 N–H and O–H groups in total. The standard InChI is InChI=1S/C15H17N3O4/c1-2-13-16-12(17-22-13)9-18-7-8-21-11-6-4-3-5-10(11)14(18)15(19)20/h3-6,14H,2,7-9H2,1H3,(H,19,20). The topological polar surface area (TPSA) is 88.7 Å². The number of carboxylic acids is 1. The van der Waals surface area contributed by atoms with E-state index in [-0.39, 0.29) is 0 Å². The number of hydrogen-bond donors (Lipinski definition) is 1. The second kappa shape index (κ2) is 6.15. The molecule has 0 saturated heterocycles. The van der Waals surface area contributed by atoms with E-state index in [0.29, 0.717) is 49.1 Å². The van der Waals surface area contributed by atoms with Crippen LogP contribution in [0.15, 0.2) is 28.8 Å². The number of aryl methyl sites for hydroxylation is 1. The fourth-order valence-corrected chi connectivity index (χ4v) is 2.58. The molecule has 7 heteroatoms. The Morgan fingerprint density at radius 1 is 1.45 bits per heavy atom. The van der Waals surface area contributed by atoms with Crippen LogP contribution in [0.5, 0.6) is 5.75 Å². The predicted molar refractivity (Wildman–Crippen MR) is 76.4 cm³/mol. The molecule has 1 aromatic carbocycles. The molecule has 1 aliphatic rings. The lowest BCUT2D eigenvalue weighted by Crippen LogP contribution is -2.35. The number of ether oxygens (including phenoxy) is 1. The van der Waals surface area contributed by atoms with Gasteiger partial charge in [-0.25, -0.2) is 0 Å². The Morgan fingerprint density at radius 3 is 3.00 bits per heavy atom. The molecule has 2 aromatic rings. The number of hydrogen-bond acceptors (Lipinski definition) is 6. The first-order chi connectivity index (χ1) is 10.7. The number of aromatic nitrogens is 2. The zero-order valence-corrected chi connectivity index (χ0v) is 12.2. The predicted octanol–water partition coefficient (Wildman–Crippen LogP) is 1.65. The Labute approximate surface area is 127 Å². The number of carbonyl (C=O) groups is 1. The Bertz CT molecular complexity index is 670. The summed E-state index contributed by atoms with van der Waals surface area (Å²) in [6, 6.07) is 6.42. The molecule has 1 unspecified atom stereocenters. The summed E-state index contributed by atoms with van der Waals surface area (Å²) in [5.41, 5.74) is 0.645. The van der Waals surface area contributed by atoms with E-state index < -0.39 is 12.0 Å². The van der Waals surface area contributed by atoms with Gasteiger partial charge in [0.05, 0.1) is 6.54 Å². The van der Waals surface area contributed by atoms with Gasteiger partial charge in [-0.15, -0.1) is 0 Å². The van der Waals surface area contributed by atoms with E-state index in [0.717, 1.165) is 0 Å². The number of para-hydroxylation sites is 1. The highest BCUT2D eigenvalue weighted by Gasteiger charge is 2.33. The number of rotatable bonds is 4. The minimum absolute atomic E-state index is 0.304. The zero-order chi connectivity index (χ0) is 15.5. The van der Waals surface area contributed by atoms with Crippen molar-refractivity contribution in [1.29, 1.82) is 0 Å². The van der Waals surface area contributed by atoms with Gasteiger partial charge in [0.2, 0.25) is 5.89 Å². The van der Waals surface area contributed by atoms with Gasteiger partial charge in [-0.1, -0.05) is 30.3 Å². The van der Waals surface area contributed by atoms with Gasteiger partial charge in [0.15, 0.2) is 5.82 Å². The summed E-state index contributed by atoms with van der Waals surface area (Å²) in [5.74, 6) is 0.729. The van der Waals surface area contributed by atoms with Gasteiger partial charge in [0.25, 0.3) is 0 Å². The molecule has 0 spiro atoms. The summed E-state index contributed by atoms with van der Waals surface area (Å²) >= 11 is 0. The summed E-state index contributed by atoms with van der Waals surface area (Å²) in [5, 5.41) is 13.5. The highest BCUT2D eigenvalue weighted by molar-refractivity contribution is 5.76. The number of fused-ring (bicyclic) bond motifs is 1. The van der Waals surface area contributed by atoms with Gasteiger partial charge in [-0.05, 0) is 6.07 Å². The normalized spacial score (nSPS) is 18.3. The quantitative estimate of drug-likeness (QED) is 0.918. The molecule has 3 rings (SSSR count). The van der Waals surface area contributed by atoms with Crippen LogP contribution in [-0.2, 0) is 17.8 Å². The maximum atomic E-state index is 11.8. The van der Waals surface area contributed by atoms with E-state index in [4.69, 9.17) is 9.26 Å². The maximum absolute atomic E-state index is 11.8. The van der Waals surface area contributed by atoms with Crippen molar-refractivity contribution >= 4 is 5.97 Å². The maximum Gasteiger partial charge on any atom is 0.325 e. The number of aliphatic carboxylic acids is 1. The van der Waals surface area contributed by atoms with Crippen molar-refractivity contribution in [2.24, 2.45) is 0 Å². The SMILES string of the molecule is CCc1nc(CN2CCOc3ccccc3C2C(=O)O)no1. The third kappa shape index (κ3) is 2.80. The van der Waals surface area contributed by atoms with Crippen LogP contribution in [0.25, 0.3) is 0 Å². The van der Waals surface area contributed by atoms with E-state index in [1.165, 1.54) is 0 Å². The Hall–Kier alpha value is -2.41. The molecule has 1 atom stereocenters. The number of carboxylic acid groups (broad SMARTS) is 1. The van der Waals surface area contributed by atoms with E-state index in [2.05, 4.69) is 10.1 Å². The molecule has 2 heterocycles. The van der Waals surface area contributed by atoms with Crippen LogP contribution in [0, 0.1) is 0 Å². The molecule has 0 amide bonds. The van der Waals surface area contributed by atoms with Gasteiger partial charge < -0.3 is 14.4 Å². The van der Waals surface area contributed by atoms with Crippen molar-refractivity contribution in [3.8, 4) is 5.75 Å². The molecule has 1 aromatic heterocycles. The Balaban J connectivity index is 1.90. The fourth-order valence-electron chi connectivity index (χ4n) is 2.58. The van der Waals surface area contributed by atoms with Gasteiger partial charge in [-0.3, -0.25) is 9.69 Å². The Morgan fingerprint density at radius 2 is 2.27 bits per heavy atom. The molecule has 0 bridgehead atoms. The molecule has 22 heavy (non-hydrogen) atoms. The van der Waals surface area contributed by atoms with Crippen LogP contribution in [0.4, 0.5) is 0 Å². The van der Waals surface area contributed by atoms with E-state index in [9.17, 15) is 9.90 Å². The molecule has 7 nitrogen and oxygen atoms in total. The minimum Gasteiger partial charge on any atom is -0.492 e. The zero-order valence-electron chi connectivity index (χ0n) is 12.2. The number of benzene rings is 1. The van der Waals surface area contributed by atoms with Crippen LogP contribution in [0.2, 0.25) is 0 Å². The van der Waals surface area contributed by atoms with Crippen LogP contribution >= 0.6 is 0 Å². The highest BCUT2D eigenvalue weighted by atomic mass is 16.5. The summed E-state index contributed by atoms with van der Waals surface area (Å²) in [6.07, 6.45) is 0.654. The van der Waals surface area contributed by atoms with Crippen molar-refractivity contribution in [2.45, 2.75) is 25.9 Å². The van der Waals surface area contributed by atoms with Crippen molar-refractivity contribution in [1.82, 2.24) is 15.0 Å². The average molecular weight is 303 g/mol. The molecule has 0 aliphatic carbocycles. The van der Waals surface area contributed by atoms with E-state index in [1.807, 2.05) is 19.1 Å². The first-order valence-corrected chi connectivity index (χ1v) is 7.19. The lowest BCUT2D eigenvalue weighted by atomic mass is 10.0. The molecule has 0 radical (unpaired) electrons. The van der Waals surface area contributed by atoms with Gasteiger partial charge >= 0.3 is 5.97 Å². The summed E-state index contributed by atoms with van der Waals surface area (Å²) in [7, 11) is 0. The highest BCUT2D eigenvalue weighted by Crippen LogP contribution is 2.32. The van der Waals surface area contributed by atoms with Gasteiger partial charge in [0.1, 0.15) is 18.4 Å². The van der Waals surface area contributed by atoms with Gasteiger partial charge in [-0.2, -0.15) is 4.98 Å². The monoisotopic (exact) mass is 303 g/mol. The lowest BCUT2D eigenvalue weighted by Gasteiger charge is -2.25. The van der Waals surface area contributed by atoms with E-state index in [1.54, 1.807) is 17.0 Å². The smallest absolute Gasteiger partial charge is 0.325 e. The summed E-state index contributed by atoms with van der Waals surface area (Å²) in [4.78, 5) is 17.8. The van der Waals surface area contributed by atoms with Gasteiger partial charge in [0, 0.05) is 18.5 Å². The van der Waals surface area contributed by atoms with Crippen LogP contribution in [0.1, 0.15) is 30.2 Å². The fraction of sp³-hybridized carbons (Fsp3) is 0.400. The summed E-state index contributed by atoms with van der Waals surface area (Å²) < 4.78 is 10.7. The molecule has 1 aliphatic heterocycles. The van der Waals surface area contributed by atoms with Crippen molar-refractivity contribution in [2.75, 3.05) is 13.2 Å². The van der Waals surface area contributed by atoms with Crippen molar-refractivity contribution < 1.29 is 19.2 Å². The first-order valence-electron chi connectivity index (χ1n) is 7.19. The summed E-state index contributed by atoms with van der Waals surface area (Å²) in [6.45, 7) is 3.12. The average Bonchev–Trinajstić information content (AvgIpc) is 2.87. The second-order valence-electron chi connectivity index (χ2n) is 5.06. The molecular weight excluding hydrogens is 286 g/mol. The van der Waals surface area contributed by atoms with Crippen molar-refractivity contribution in [3.63, 3.8) is 0 Å². The van der Waals surface area contributed by atoms with Crippen LogP contribution in [0.3, 0.4) is 0 Å². The molecular formula is C15H17N3O4. The second-order valence-corrected chi connectivity index (χ2v) is 5.06. The number of nitrogens with zero attached hydrogens (tertiary/aromatic N) is 3.